The van der Waals surface area contributed by atoms with E-state index in [1.54, 1.807) is 23.2 Å². The number of rotatable bonds is 5. The van der Waals surface area contributed by atoms with Gasteiger partial charge in [0.2, 0.25) is 0 Å². The van der Waals surface area contributed by atoms with Crippen LogP contribution in [0.15, 0.2) is 42.6 Å². The molecule has 6 nitrogen and oxygen atoms in total. The van der Waals surface area contributed by atoms with Crippen molar-refractivity contribution in [3.63, 3.8) is 0 Å². The summed E-state index contributed by atoms with van der Waals surface area (Å²) in [6.45, 7) is 6.78. The van der Waals surface area contributed by atoms with Crippen molar-refractivity contribution in [1.82, 2.24) is 9.88 Å². The number of hydrogen-bond donors (Lipinski definition) is 0. The first-order chi connectivity index (χ1) is 13.1. The van der Waals surface area contributed by atoms with Gasteiger partial charge in [0.05, 0.1) is 5.56 Å². The fourth-order valence-corrected chi connectivity index (χ4v) is 3.10. The van der Waals surface area contributed by atoms with Crippen LogP contribution < -0.4 is 9.64 Å². The molecule has 2 heterocycles. The van der Waals surface area contributed by atoms with E-state index >= 15 is 0 Å². The van der Waals surface area contributed by atoms with Gasteiger partial charge in [-0.05, 0) is 35.7 Å². The van der Waals surface area contributed by atoms with Crippen LogP contribution in [-0.2, 0) is 4.79 Å². The molecule has 0 bridgehead atoms. The third-order valence-corrected chi connectivity index (χ3v) is 4.73. The molecule has 1 amide bonds. The van der Waals surface area contributed by atoms with Gasteiger partial charge in [-0.1, -0.05) is 26.0 Å². The number of ether oxygens (including phenoxy) is 1. The van der Waals surface area contributed by atoms with Gasteiger partial charge in [-0.3, -0.25) is 4.79 Å². The Morgan fingerprint density at radius 1 is 1.22 bits per heavy atom. The second-order valence-electron chi connectivity index (χ2n) is 6.87. The molecule has 0 radical (unpaired) electrons. The molecule has 27 heavy (non-hydrogen) atoms. The standard InChI is InChI=1S/C21H24N4O2/c1-16(2)17-5-3-7-19(13-17)27-15-20(26)24-9-11-25(12-10-24)21-18(14-22)6-4-8-23-21/h3-8,13,16H,9-12,15H2,1-2H3. The fraction of sp³-hybridized carbons (Fsp3) is 0.381. The molecular weight excluding hydrogens is 340 g/mol. The van der Waals surface area contributed by atoms with E-state index in [1.807, 2.05) is 18.2 Å². The van der Waals surface area contributed by atoms with Gasteiger partial charge in [-0.15, -0.1) is 0 Å². The maximum Gasteiger partial charge on any atom is 0.260 e. The number of hydrogen-bond acceptors (Lipinski definition) is 5. The second kappa shape index (κ2) is 8.54. The zero-order valence-corrected chi connectivity index (χ0v) is 15.8. The van der Waals surface area contributed by atoms with Crippen LogP contribution in [0, 0.1) is 11.3 Å². The molecule has 0 saturated carbocycles. The molecule has 1 saturated heterocycles. The van der Waals surface area contributed by atoms with E-state index in [-0.39, 0.29) is 12.5 Å². The van der Waals surface area contributed by atoms with Crippen molar-refractivity contribution in [3.05, 3.63) is 53.7 Å². The lowest BCUT2D eigenvalue weighted by Crippen LogP contribution is -2.50. The molecule has 6 heteroatoms. The minimum atomic E-state index is -0.0221. The molecule has 140 valence electrons. The summed E-state index contributed by atoms with van der Waals surface area (Å²) >= 11 is 0. The van der Waals surface area contributed by atoms with Gasteiger partial charge >= 0.3 is 0 Å². The van der Waals surface area contributed by atoms with E-state index in [1.165, 1.54) is 5.56 Å². The SMILES string of the molecule is CC(C)c1cccc(OCC(=O)N2CCN(c3ncccc3C#N)CC2)c1. The fourth-order valence-electron chi connectivity index (χ4n) is 3.10. The topological polar surface area (TPSA) is 69.5 Å². The highest BCUT2D eigenvalue weighted by atomic mass is 16.5. The lowest BCUT2D eigenvalue weighted by atomic mass is 10.0. The maximum absolute atomic E-state index is 12.5. The number of benzene rings is 1. The third-order valence-electron chi connectivity index (χ3n) is 4.73. The van der Waals surface area contributed by atoms with Gasteiger partial charge in [-0.25, -0.2) is 4.98 Å². The largest absolute Gasteiger partial charge is 0.484 e. The Bertz CT molecular complexity index is 836. The van der Waals surface area contributed by atoms with Crippen molar-refractivity contribution in [1.29, 1.82) is 5.26 Å². The highest BCUT2D eigenvalue weighted by Crippen LogP contribution is 2.21. The summed E-state index contributed by atoms with van der Waals surface area (Å²) in [6, 6.07) is 13.6. The molecule has 2 aromatic rings. The van der Waals surface area contributed by atoms with Crippen LogP contribution in [0.4, 0.5) is 5.82 Å². The summed E-state index contributed by atoms with van der Waals surface area (Å²) in [5, 5.41) is 9.22. The molecule has 0 spiro atoms. The van der Waals surface area contributed by atoms with Crippen molar-refractivity contribution < 1.29 is 9.53 Å². The molecule has 1 fully saturated rings. The summed E-state index contributed by atoms with van der Waals surface area (Å²) < 4.78 is 5.70. The highest BCUT2D eigenvalue weighted by Gasteiger charge is 2.23. The van der Waals surface area contributed by atoms with E-state index in [0.717, 1.165) is 5.75 Å². The molecule has 1 aromatic heterocycles. The first-order valence-corrected chi connectivity index (χ1v) is 9.19. The molecule has 0 N–H and O–H groups in total. The molecular formula is C21H24N4O2. The minimum absolute atomic E-state index is 0.0221. The van der Waals surface area contributed by atoms with Crippen molar-refractivity contribution in [2.75, 3.05) is 37.7 Å². The van der Waals surface area contributed by atoms with E-state index in [0.29, 0.717) is 43.5 Å². The minimum Gasteiger partial charge on any atom is -0.484 e. The van der Waals surface area contributed by atoms with Crippen LogP contribution in [0.1, 0.15) is 30.9 Å². The van der Waals surface area contributed by atoms with E-state index in [2.05, 4.69) is 35.9 Å². The summed E-state index contributed by atoms with van der Waals surface area (Å²) in [5.41, 5.74) is 1.75. The Morgan fingerprint density at radius 3 is 2.70 bits per heavy atom. The van der Waals surface area contributed by atoms with Gasteiger partial charge < -0.3 is 14.5 Å². The molecule has 0 unspecified atom stereocenters. The molecule has 1 aliphatic rings. The predicted molar refractivity (Wildman–Crippen MR) is 104 cm³/mol. The smallest absolute Gasteiger partial charge is 0.260 e. The van der Waals surface area contributed by atoms with Crippen molar-refractivity contribution in [2.45, 2.75) is 19.8 Å². The van der Waals surface area contributed by atoms with Gasteiger partial charge in [-0.2, -0.15) is 5.26 Å². The van der Waals surface area contributed by atoms with Crippen LogP contribution in [0.25, 0.3) is 0 Å². The molecule has 0 aliphatic carbocycles. The normalized spacial score (nSPS) is 14.1. The molecule has 1 aliphatic heterocycles. The van der Waals surface area contributed by atoms with Crippen LogP contribution in [-0.4, -0.2) is 48.6 Å². The van der Waals surface area contributed by atoms with E-state index in [9.17, 15) is 10.1 Å². The Kier molecular flexibility index (Phi) is 5.92. The number of anilines is 1. The van der Waals surface area contributed by atoms with Crippen molar-refractivity contribution >= 4 is 11.7 Å². The second-order valence-corrected chi connectivity index (χ2v) is 6.87. The first-order valence-electron chi connectivity index (χ1n) is 9.19. The Labute approximate surface area is 160 Å². The van der Waals surface area contributed by atoms with Crippen molar-refractivity contribution in [2.24, 2.45) is 0 Å². The van der Waals surface area contributed by atoms with Crippen LogP contribution in [0.5, 0.6) is 5.75 Å². The molecule has 0 atom stereocenters. The Hall–Kier alpha value is -3.07. The van der Waals surface area contributed by atoms with Crippen LogP contribution in [0.3, 0.4) is 0 Å². The summed E-state index contributed by atoms with van der Waals surface area (Å²) in [6.07, 6.45) is 1.69. The average molecular weight is 364 g/mol. The number of piperazine rings is 1. The average Bonchev–Trinajstić information content (AvgIpc) is 2.72. The first kappa shape index (κ1) is 18.7. The number of carbonyl (C=O) groups is 1. The van der Waals surface area contributed by atoms with Crippen LogP contribution >= 0.6 is 0 Å². The summed E-state index contributed by atoms with van der Waals surface area (Å²) in [7, 11) is 0. The molecule has 3 rings (SSSR count). The maximum atomic E-state index is 12.5. The number of pyridine rings is 1. The number of nitriles is 1. The van der Waals surface area contributed by atoms with Gasteiger partial charge in [0.15, 0.2) is 6.61 Å². The number of carbonyl (C=O) groups excluding carboxylic acids is 1. The zero-order chi connectivity index (χ0) is 19.2. The quantitative estimate of drug-likeness (QED) is 0.816. The lowest BCUT2D eigenvalue weighted by Gasteiger charge is -2.35. The van der Waals surface area contributed by atoms with Gasteiger partial charge in [0.1, 0.15) is 17.6 Å². The van der Waals surface area contributed by atoms with Gasteiger partial charge in [0.25, 0.3) is 5.91 Å². The predicted octanol–water partition coefficient (Wildman–Crippen LogP) is 2.80. The van der Waals surface area contributed by atoms with E-state index < -0.39 is 0 Å². The lowest BCUT2D eigenvalue weighted by molar-refractivity contribution is -0.133. The third kappa shape index (κ3) is 4.56. The summed E-state index contributed by atoms with van der Waals surface area (Å²) in [4.78, 5) is 20.6. The van der Waals surface area contributed by atoms with E-state index in [4.69, 9.17) is 4.74 Å². The number of nitrogens with zero attached hydrogens (tertiary/aromatic N) is 4. The highest BCUT2D eigenvalue weighted by molar-refractivity contribution is 5.78. The zero-order valence-electron chi connectivity index (χ0n) is 15.8. The van der Waals surface area contributed by atoms with Crippen molar-refractivity contribution in [3.8, 4) is 11.8 Å². The number of amides is 1. The van der Waals surface area contributed by atoms with Crippen LogP contribution in [0.2, 0.25) is 0 Å². The Morgan fingerprint density at radius 2 is 2.00 bits per heavy atom. The summed E-state index contributed by atoms with van der Waals surface area (Å²) in [5.74, 6) is 1.81. The number of aromatic nitrogens is 1. The monoisotopic (exact) mass is 364 g/mol. The Balaban J connectivity index is 1.53. The van der Waals surface area contributed by atoms with Gasteiger partial charge in [0, 0.05) is 32.4 Å². The molecule has 1 aromatic carbocycles.